The van der Waals surface area contributed by atoms with Crippen LogP contribution >= 0.6 is 11.5 Å². The van der Waals surface area contributed by atoms with Gasteiger partial charge in [0.1, 0.15) is 4.88 Å². The Morgan fingerprint density at radius 1 is 1.68 bits per heavy atom. The van der Waals surface area contributed by atoms with Crippen molar-refractivity contribution in [3.63, 3.8) is 0 Å². The minimum absolute atomic E-state index is 0.00685. The number of morpholine rings is 1. The zero-order chi connectivity index (χ0) is 13.8. The van der Waals surface area contributed by atoms with Gasteiger partial charge in [0.25, 0.3) is 5.91 Å². The molecule has 2 unspecified atom stereocenters. The Morgan fingerprint density at radius 3 is 3.16 bits per heavy atom. The minimum Gasteiger partial charge on any atom is -0.373 e. The molecule has 1 aliphatic heterocycles. The summed E-state index contributed by atoms with van der Waals surface area (Å²) in [6.07, 6.45) is 1.66. The molecule has 1 aromatic heterocycles. The predicted octanol–water partition coefficient (Wildman–Crippen LogP) is 0.679. The third-order valence-corrected chi connectivity index (χ3v) is 3.96. The molecule has 2 N–H and O–H groups in total. The van der Waals surface area contributed by atoms with E-state index in [0.717, 1.165) is 18.5 Å². The number of aromatic nitrogens is 2. The van der Waals surface area contributed by atoms with Gasteiger partial charge < -0.3 is 15.4 Å². The van der Waals surface area contributed by atoms with Crippen LogP contribution in [-0.4, -0.2) is 52.2 Å². The van der Waals surface area contributed by atoms with Crippen LogP contribution < -0.4 is 5.73 Å². The number of aryl methyl sites for hydroxylation is 1. The first kappa shape index (κ1) is 14.4. The van der Waals surface area contributed by atoms with E-state index in [1.165, 1.54) is 11.5 Å². The van der Waals surface area contributed by atoms with Crippen molar-refractivity contribution in [3.05, 3.63) is 10.6 Å². The zero-order valence-electron chi connectivity index (χ0n) is 11.3. The van der Waals surface area contributed by atoms with Crippen molar-refractivity contribution >= 4 is 17.4 Å². The van der Waals surface area contributed by atoms with E-state index in [0.29, 0.717) is 24.6 Å². The number of hydrogen-bond acceptors (Lipinski definition) is 6. The van der Waals surface area contributed by atoms with Crippen molar-refractivity contribution < 1.29 is 9.53 Å². The van der Waals surface area contributed by atoms with E-state index < -0.39 is 0 Å². The Bertz CT molecular complexity index is 435. The lowest BCUT2D eigenvalue weighted by atomic mass is 10.1. The highest BCUT2D eigenvalue weighted by Crippen LogP contribution is 2.18. The van der Waals surface area contributed by atoms with Gasteiger partial charge >= 0.3 is 0 Å². The summed E-state index contributed by atoms with van der Waals surface area (Å²) in [5, 5.41) is 4.04. The molecule has 2 atom stereocenters. The number of carbonyl (C=O) groups excluding carboxylic acids is 1. The van der Waals surface area contributed by atoms with Gasteiger partial charge in [-0.1, -0.05) is 17.8 Å². The molecule has 106 valence electrons. The number of amides is 1. The molecule has 0 bridgehead atoms. The predicted molar refractivity (Wildman–Crippen MR) is 73.2 cm³/mol. The van der Waals surface area contributed by atoms with Gasteiger partial charge in [-0.25, -0.2) is 0 Å². The maximum atomic E-state index is 12.5. The molecule has 0 aliphatic carbocycles. The lowest BCUT2D eigenvalue weighted by molar-refractivity contribution is -0.0299. The van der Waals surface area contributed by atoms with Gasteiger partial charge in [0, 0.05) is 19.1 Å². The maximum Gasteiger partial charge on any atom is 0.267 e. The molecule has 1 saturated heterocycles. The number of hydrogen-bond donors (Lipinski definition) is 1. The quantitative estimate of drug-likeness (QED) is 0.879. The topological polar surface area (TPSA) is 81.3 Å². The van der Waals surface area contributed by atoms with Gasteiger partial charge in [0.2, 0.25) is 0 Å². The van der Waals surface area contributed by atoms with E-state index in [-0.39, 0.29) is 18.1 Å². The fourth-order valence-corrected chi connectivity index (χ4v) is 2.77. The lowest BCUT2D eigenvalue weighted by Gasteiger charge is -2.34. The van der Waals surface area contributed by atoms with Gasteiger partial charge in [-0.3, -0.25) is 4.79 Å². The van der Waals surface area contributed by atoms with Crippen LogP contribution in [0.4, 0.5) is 0 Å². The summed E-state index contributed by atoms with van der Waals surface area (Å²) in [5.74, 6) is 0.00685. The average Bonchev–Trinajstić information content (AvgIpc) is 2.86. The van der Waals surface area contributed by atoms with Crippen molar-refractivity contribution in [1.82, 2.24) is 14.5 Å². The molecule has 0 radical (unpaired) electrons. The Morgan fingerprint density at radius 2 is 2.47 bits per heavy atom. The van der Waals surface area contributed by atoms with E-state index >= 15 is 0 Å². The molecule has 2 heterocycles. The number of nitrogens with zero attached hydrogens (tertiary/aromatic N) is 3. The molecule has 0 spiro atoms. The number of rotatable bonds is 4. The Balaban J connectivity index is 2.08. The molecule has 2 rings (SSSR count). The van der Waals surface area contributed by atoms with Gasteiger partial charge in [0.05, 0.1) is 18.4 Å². The molecule has 0 saturated carbocycles. The summed E-state index contributed by atoms with van der Waals surface area (Å²) in [5.41, 5.74) is 6.65. The van der Waals surface area contributed by atoms with Crippen molar-refractivity contribution in [1.29, 1.82) is 0 Å². The van der Waals surface area contributed by atoms with Crippen LogP contribution in [0, 0.1) is 0 Å². The summed E-state index contributed by atoms with van der Waals surface area (Å²) in [4.78, 5) is 14.9. The van der Waals surface area contributed by atoms with Crippen LogP contribution in [0.1, 0.15) is 35.6 Å². The van der Waals surface area contributed by atoms with Crippen LogP contribution in [0.15, 0.2) is 0 Å². The van der Waals surface area contributed by atoms with Crippen LogP contribution in [0.25, 0.3) is 0 Å². The third kappa shape index (κ3) is 3.29. The normalized spacial score (nSPS) is 21.4. The fourth-order valence-electron chi connectivity index (χ4n) is 2.09. The van der Waals surface area contributed by atoms with Crippen molar-refractivity contribution in [2.75, 3.05) is 19.7 Å². The summed E-state index contributed by atoms with van der Waals surface area (Å²) in [7, 11) is 0. The van der Waals surface area contributed by atoms with Crippen molar-refractivity contribution in [3.8, 4) is 0 Å². The largest absolute Gasteiger partial charge is 0.373 e. The second-order valence-electron chi connectivity index (χ2n) is 4.82. The number of carbonyl (C=O) groups is 1. The molecule has 6 nitrogen and oxygen atoms in total. The molecule has 1 aliphatic rings. The van der Waals surface area contributed by atoms with Gasteiger partial charge in [0.15, 0.2) is 0 Å². The monoisotopic (exact) mass is 284 g/mol. The molecule has 1 amide bonds. The molecular weight excluding hydrogens is 264 g/mol. The van der Waals surface area contributed by atoms with E-state index in [2.05, 4.69) is 16.5 Å². The van der Waals surface area contributed by atoms with E-state index in [4.69, 9.17) is 10.5 Å². The molecule has 19 heavy (non-hydrogen) atoms. The number of ether oxygens (including phenoxy) is 1. The SMILES string of the molecule is CCCc1nnsc1C(=O)N1CCOC(C(C)N)C1. The van der Waals surface area contributed by atoms with Crippen LogP contribution in [-0.2, 0) is 11.2 Å². The summed E-state index contributed by atoms with van der Waals surface area (Å²) in [6, 6.07) is -0.0784. The summed E-state index contributed by atoms with van der Waals surface area (Å²) in [6.45, 7) is 5.64. The maximum absolute atomic E-state index is 12.5. The van der Waals surface area contributed by atoms with Gasteiger partial charge in [-0.2, -0.15) is 0 Å². The Kier molecular flexibility index (Phi) is 4.84. The van der Waals surface area contributed by atoms with Gasteiger partial charge in [-0.05, 0) is 24.9 Å². The number of nitrogens with two attached hydrogens (primary N) is 1. The van der Waals surface area contributed by atoms with Crippen LogP contribution in [0.3, 0.4) is 0 Å². The lowest BCUT2D eigenvalue weighted by Crippen LogP contribution is -2.51. The summed E-state index contributed by atoms with van der Waals surface area (Å²) >= 11 is 1.18. The Labute approximate surface area is 117 Å². The smallest absolute Gasteiger partial charge is 0.267 e. The average molecular weight is 284 g/mol. The molecule has 7 heteroatoms. The highest BCUT2D eigenvalue weighted by atomic mass is 32.1. The van der Waals surface area contributed by atoms with Gasteiger partial charge in [-0.15, -0.1) is 5.10 Å². The molecular formula is C12H20N4O2S. The highest BCUT2D eigenvalue weighted by Gasteiger charge is 2.29. The van der Waals surface area contributed by atoms with E-state index in [1.54, 1.807) is 4.90 Å². The second kappa shape index (κ2) is 6.40. The minimum atomic E-state index is -0.0896. The van der Waals surface area contributed by atoms with Crippen molar-refractivity contribution in [2.24, 2.45) is 5.73 Å². The molecule has 1 fully saturated rings. The first-order valence-electron chi connectivity index (χ1n) is 6.61. The standard InChI is InChI=1S/C12H20N4O2S/c1-3-4-9-11(19-15-14-9)12(17)16-5-6-18-10(7-16)8(2)13/h8,10H,3-7,13H2,1-2H3. The zero-order valence-corrected chi connectivity index (χ0v) is 12.2. The Hall–Kier alpha value is -1.05. The van der Waals surface area contributed by atoms with Crippen LogP contribution in [0.2, 0.25) is 0 Å². The molecule has 1 aromatic rings. The first-order valence-corrected chi connectivity index (χ1v) is 7.38. The fraction of sp³-hybridized carbons (Fsp3) is 0.750. The second-order valence-corrected chi connectivity index (χ2v) is 5.57. The third-order valence-electron chi connectivity index (χ3n) is 3.20. The van der Waals surface area contributed by atoms with Crippen molar-refractivity contribution in [2.45, 2.75) is 38.8 Å². The highest BCUT2D eigenvalue weighted by molar-refractivity contribution is 7.08. The first-order chi connectivity index (χ1) is 9.13. The van der Waals surface area contributed by atoms with E-state index in [9.17, 15) is 4.79 Å². The summed E-state index contributed by atoms with van der Waals surface area (Å²) < 4.78 is 9.47. The van der Waals surface area contributed by atoms with E-state index in [1.807, 2.05) is 6.92 Å². The van der Waals surface area contributed by atoms with Crippen LogP contribution in [0.5, 0.6) is 0 Å². The molecule has 0 aromatic carbocycles.